The van der Waals surface area contributed by atoms with Crippen LogP contribution in [0.5, 0.6) is 0 Å². The lowest BCUT2D eigenvalue weighted by molar-refractivity contribution is -0.121. The van der Waals surface area contributed by atoms with Crippen LogP contribution in [0.4, 0.5) is 0 Å². The summed E-state index contributed by atoms with van der Waals surface area (Å²) in [5.41, 5.74) is 0. The molecule has 0 aromatic carbocycles. The van der Waals surface area contributed by atoms with E-state index in [1.165, 1.54) is 0 Å². The lowest BCUT2D eigenvalue weighted by Gasteiger charge is -2.17. The summed E-state index contributed by atoms with van der Waals surface area (Å²) in [5, 5.41) is 8.66. The predicted octanol–water partition coefficient (Wildman–Crippen LogP) is 0.738. The van der Waals surface area contributed by atoms with E-state index in [-0.39, 0.29) is 12.5 Å². The highest BCUT2D eigenvalue weighted by Gasteiger charge is 2.17. The highest BCUT2D eigenvalue weighted by Crippen LogP contribution is 2.19. The van der Waals surface area contributed by atoms with Crippen molar-refractivity contribution in [3.05, 3.63) is 0 Å². The third kappa shape index (κ3) is 1.79. The van der Waals surface area contributed by atoms with E-state index >= 15 is 0 Å². The number of hydrogen-bond donors (Lipinski definition) is 1. The molecule has 2 heteroatoms. The molecule has 1 aliphatic rings. The third-order valence-corrected chi connectivity index (χ3v) is 1.84. The first-order valence-electron chi connectivity index (χ1n) is 3.45. The molecular formula is C7H12O2. The maximum Gasteiger partial charge on any atom is 0.133 e. The average Bonchev–Trinajstić information content (AvgIpc) is 1.88. The number of rotatable bonds is 1. The van der Waals surface area contributed by atoms with Crippen LogP contribution in [0, 0.1) is 5.92 Å². The second-order valence-electron chi connectivity index (χ2n) is 2.68. The van der Waals surface area contributed by atoms with Crippen molar-refractivity contribution in [3.8, 4) is 0 Å². The minimum absolute atomic E-state index is 0.186. The van der Waals surface area contributed by atoms with Crippen LogP contribution in [0.3, 0.4) is 0 Å². The van der Waals surface area contributed by atoms with Gasteiger partial charge in [-0.25, -0.2) is 0 Å². The van der Waals surface area contributed by atoms with Crippen LogP contribution in [0.1, 0.15) is 25.7 Å². The molecule has 0 aromatic heterocycles. The molecule has 1 aliphatic carbocycles. The fourth-order valence-corrected chi connectivity index (χ4v) is 1.27. The van der Waals surface area contributed by atoms with E-state index in [4.69, 9.17) is 5.11 Å². The molecular weight excluding hydrogens is 116 g/mol. The summed E-state index contributed by atoms with van der Waals surface area (Å²) in [4.78, 5) is 10.7. The lowest BCUT2D eigenvalue weighted by Crippen LogP contribution is -2.17. The van der Waals surface area contributed by atoms with Crippen molar-refractivity contribution < 1.29 is 9.90 Å². The van der Waals surface area contributed by atoms with Crippen molar-refractivity contribution in [2.24, 2.45) is 5.92 Å². The van der Waals surface area contributed by atoms with Crippen LogP contribution in [-0.4, -0.2) is 17.5 Å². The Morgan fingerprint density at radius 2 is 2.44 bits per heavy atom. The highest BCUT2D eigenvalue weighted by molar-refractivity contribution is 5.79. The molecule has 1 saturated carbocycles. The Hall–Kier alpha value is -0.370. The van der Waals surface area contributed by atoms with Crippen LogP contribution in [-0.2, 0) is 4.79 Å². The molecule has 9 heavy (non-hydrogen) atoms. The number of aliphatic hydroxyl groups excluding tert-OH is 1. The zero-order valence-electron chi connectivity index (χ0n) is 5.47. The van der Waals surface area contributed by atoms with Gasteiger partial charge in [0.05, 0.1) is 0 Å². The van der Waals surface area contributed by atoms with E-state index in [1.807, 2.05) is 0 Å². The van der Waals surface area contributed by atoms with Crippen molar-refractivity contribution in [1.29, 1.82) is 0 Å². The Labute approximate surface area is 54.9 Å². The van der Waals surface area contributed by atoms with Crippen LogP contribution >= 0.6 is 0 Å². The Kier molecular flexibility index (Phi) is 2.22. The van der Waals surface area contributed by atoms with E-state index in [0.29, 0.717) is 12.2 Å². The SMILES string of the molecule is O=C1CCC[C@@H](CO)C1. The fraction of sp³-hybridized carbons (Fsp3) is 0.857. The summed E-state index contributed by atoms with van der Waals surface area (Å²) in [5.74, 6) is 0.589. The molecule has 0 spiro atoms. The summed E-state index contributed by atoms with van der Waals surface area (Å²) in [7, 11) is 0. The van der Waals surface area contributed by atoms with Crippen molar-refractivity contribution in [3.63, 3.8) is 0 Å². The van der Waals surface area contributed by atoms with Crippen LogP contribution in [0.2, 0.25) is 0 Å². The Bertz CT molecular complexity index is 109. The van der Waals surface area contributed by atoms with E-state index in [9.17, 15) is 4.79 Å². The Morgan fingerprint density at radius 3 is 2.89 bits per heavy atom. The standard InChI is InChI=1S/C7H12O2/c8-5-6-2-1-3-7(9)4-6/h6,8H,1-5H2/t6-/m1/s1. The fourth-order valence-electron chi connectivity index (χ4n) is 1.27. The Morgan fingerprint density at radius 1 is 1.67 bits per heavy atom. The van der Waals surface area contributed by atoms with Crippen molar-refractivity contribution in [1.82, 2.24) is 0 Å². The molecule has 1 fully saturated rings. The van der Waals surface area contributed by atoms with E-state index in [0.717, 1.165) is 19.3 Å². The molecule has 0 bridgehead atoms. The van der Waals surface area contributed by atoms with Gasteiger partial charge in [-0.15, -0.1) is 0 Å². The average molecular weight is 128 g/mol. The number of ketones is 1. The molecule has 0 amide bonds. The maximum atomic E-state index is 10.7. The number of carbonyl (C=O) groups excluding carboxylic acids is 1. The lowest BCUT2D eigenvalue weighted by atomic mass is 9.89. The molecule has 0 aliphatic heterocycles. The molecule has 52 valence electrons. The second kappa shape index (κ2) is 2.97. The minimum atomic E-state index is 0.186. The first-order valence-corrected chi connectivity index (χ1v) is 3.45. The molecule has 1 rings (SSSR count). The van der Waals surface area contributed by atoms with Gasteiger partial charge >= 0.3 is 0 Å². The van der Waals surface area contributed by atoms with Gasteiger partial charge < -0.3 is 5.11 Å². The van der Waals surface area contributed by atoms with Crippen LogP contribution in [0.15, 0.2) is 0 Å². The predicted molar refractivity (Wildman–Crippen MR) is 34.1 cm³/mol. The molecule has 1 N–H and O–H groups in total. The van der Waals surface area contributed by atoms with Gasteiger partial charge in [-0.2, -0.15) is 0 Å². The first kappa shape index (κ1) is 6.75. The van der Waals surface area contributed by atoms with Gasteiger partial charge in [-0.3, -0.25) is 4.79 Å². The van der Waals surface area contributed by atoms with E-state index in [1.54, 1.807) is 0 Å². The van der Waals surface area contributed by atoms with Gasteiger partial charge in [0.2, 0.25) is 0 Å². The summed E-state index contributed by atoms with van der Waals surface area (Å²) in [6, 6.07) is 0. The molecule has 0 saturated heterocycles. The van der Waals surface area contributed by atoms with Gasteiger partial charge in [0.1, 0.15) is 5.78 Å². The molecule has 2 nitrogen and oxygen atoms in total. The van der Waals surface area contributed by atoms with Crippen molar-refractivity contribution in [2.75, 3.05) is 6.61 Å². The molecule has 0 heterocycles. The number of Topliss-reactive ketones (excluding diaryl/α,β-unsaturated/α-hetero) is 1. The van der Waals surface area contributed by atoms with Gasteiger partial charge in [-0.05, 0) is 18.8 Å². The summed E-state index contributed by atoms with van der Waals surface area (Å²) < 4.78 is 0. The van der Waals surface area contributed by atoms with Crippen molar-refractivity contribution in [2.45, 2.75) is 25.7 Å². The molecule has 0 unspecified atom stereocenters. The smallest absolute Gasteiger partial charge is 0.133 e. The highest BCUT2D eigenvalue weighted by atomic mass is 16.3. The zero-order chi connectivity index (χ0) is 6.69. The van der Waals surface area contributed by atoms with Gasteiger partial charge in [0.25, 0.3) is 0 Å². The summed E-state index contributed by atoms with van der Waals surface area (Å²) in [6.45, 7) is 0.186. The monoisotopic (exact) mass is 128 g/mol. The van der Waals surface area contributed by atoms with Crippen LogP contribution in [0.25, 0.3) is 0 Å². The van der Waals surface area contributed by atoms with E-state index in [2.05, 4.69) is 0 Å². The molecule has 1 atom stereocenters. The largest absolute Gasteiger partial charge is 0.396 e. The van der Waals surface area contributed by atoms with Gasteiger partial charge in [0.15, 0.2) is 0 Å². The minimum Gasteiger partial charge on any atom is -0.396 e. The molecule has 0 aromatic rings. The van der Waals surface area contributed by atoms with Crippen molar-refractivity contribution >= 4 is 5.78 Å². The van der Waals surface area contributed by atoms with Crippen LogP contribution < -0.4 is 0 Å². The second-order valence-corrected chi connectivity index (χ2v) is 2.68. The van der Waals surface area contributed by atoms with Gasteiger partial charge in [0, 0.05) is 19.4 Å². The number of aliphatic hydroxyl groups is 1. The van der Waals surface area contributed by atoms with Gasteiger partial charge in [-0.1, -0.05) is 0 Å². The quantitative estimate of drug-likeness (QED) is 0.565. The summed E-state index contributed by atoms with van der Waals surface area (Å²) >= 11 is 0. The Balaban J connectivity index is 2.32. The first-order chi connectivity index (χ1) is 4.33. The number of hydrogen-bond acceptors (Lipinski definition) is 2. The van der Waals surface area contributed by atoms with E-state index < -0.39 is 0 Å². The third-order valence-electron chi connectivity index (χ3n) is 1.84. The normalized spacial score (nSPS) is 28.6. The molecule has 0 radical (unpaired) electrons. The summed E-state index contributed by atoms with van der Waals surface area (Å²) in [6.07, 6.45) is 3.35. The topological polar surface area (TPSA) is 37.3 Å². The zero-order valence-corrected chi connectivity index (χ0v) is 5.47. The maximum absolute atomic E-state index is 10.7. The number of carbonyl (C=O) groups is 1.